The summed E-state index contributed by atoms with van der Waals surface area (Å²) in [6, 6.07) is 1.20. The Morgan fingerprint density at radius 2 is 2.16 bits per heavy atom. The van der Waals surface area contributed by atoms with Gasteiger partial charge in [-0.25, -0.2) is 8.42 Å². The molecule has 0 aromatic carbocycles. The van der Waals surface area contributed by atoms with Gasteiger partial charge in [0.15, 0.2) is 0 Å². The van der Waals surface area contributed by atoms with Crippen molar-refractivity contribution in [3.05, 3.63) is 15.4 Å². The number of nitrogens with zero attached hydrogens (tertiary/aromatic N) is 1. The molecule has 1 N–H and O–H groups in total. The van der Waals surface area contributed by atoms with Crippen LogP contribution in [0.3, 0.4) is 0 Å². The zero-order chi connectivity index (χ0) is 14.8. The van der Waals surface area contributed by atoms with Crippen LogP contribution >= 0.6 is 27.3 Å². The van der Waals surface area contributed by atoms with Gasteiger partial charge in [0.05, 0.1) is 3.79 Å². The first-order chi connectivity index (χ1) is 8.70. The van der Waals surface area contributed by atoms with E-state index in [1.165, 1.54) is 0 Å². The molecule has 0 saturated heterocycles. The van der Waals surface area contributed by atoms with Crippen molar-refractivity contribution in [1.82, 2.24) is 4.31 Å². The Labute approximate surface area is 125 Å². The Balaban J connectivity index is 3.22. The van der Waals surface area contributed by atoms with Crippen molar-refractivity contribution in [2.45, 2.75) is 37.4 Å². The van der Waals surface area contributed by atoms with Crippen molar-refractivity contribution in [3.8, 4) is 0 Å². The standard InChI is InChI=1S/C11H16BrNO4S2/c1-4-8(3)13(6-9(14)15)19(16,17)10-5-7(2)11(12)18-10/h5,8H,4,6H2,1-3H3,(H,14,15). The quantitative estimate of drug-likeness (QED) is 0.836. The Morgan fingerprint density at radius 3 is 2.53 bits per heavy atom. The minimum absolute atomic E-state index is 0.165. The molecule has 0 saturated carbocycles. The van der Waals surface area contributed by atoms with Gasteiger partial charge in [-0.3, -0.25) is 4.79 Å². The van der Waals surface area contributed by atoms with Gasteiger partial charge in [-0.05, 0) is 47.8 Å². The molecule has 8 heteroatoms. The molecular formula is C11H16BrNO4S2. The number of aryl methyl sites for hydroxylation is 1. The third-order valence-electron chi connectivity index (χ3n) is 2.77. The Kier molecular flexibility index (Phi) is 5.54. The smallest absolute Gasteiger partial charge is 0.318 e. The number of hydrogen-bond donors (Lipinski definition) is 1. The minimum Gasteiger partial charge on any atom is -0.480 e. The van der Waals surface area contributed by atoms with Crippen LogP contribution in [0.15, 0.2) is 14.1 Å². The molecule has 1 aromatic rings. The van der Waals surface area contributed by atoms with Crippen LogP contribution in [0.5, 0.6) is 0 Å². The first kappa shape index (κ1) is 16.6. The zero-order valence-electron chi connectivity index (χ0n) is 10.9. The van der Waals surface area contributed by atoms with Crippen molar-refractivity contribution in [1.29, 1.82) is 0 Å². The molecule has 0 amide bonds. The van der Waals surface area contributed by atoms with Gasteiger partial charge in [-0.1, -0.05) is 6.92 Å². The second kappa shape index (κ2) is 6.34. The summed E-state index contributed by atoms with van der Waals surface area (Å²) < 4.78 is 26.9. The molecule has 0 radical (unpaired) electrons. The molecule has 1 rings (SSSR count). The van der Waals surface area contributed by atoms with Gasteiger partial charge < -0.3 is 5.11 Å². The largest absolute Gasteiger partial charge is 0.480 e. The zero-order valence-corrected chi connectivity index (χ0v) is 14.1. The van der Waals surface area contributed by atoms with Crippen molar-refractivity contribution >= 4 is 43.3 Å². The summed E-state index contributed by atoms with van der Waals surface area (Å²) in [7, 11) is -3.77. The molecule has 1 heterocycles. The molecule has 1 aromatic heterocycles. The van der Waals surface area contributed by atoms with E-state index in [0.29, 0.717) is 6.42 Å². The van der Waals surface area contributed by atoms with E-state index in [1.54, 1.807) is 19.9 Å². The van der Waals surface area contributed by atoms with Gasteiger partial charge >= 0.3 is 5.97 Å². The van der Waals surface area contributed by atoms with E-state index in [9.17, 15) is 13.2 Å². The SMILES string of the molecule is CCC(C)N(CC(=O)O)S(=O)(=O)c1cc(C)c(Br)s1. The van der Waals surface area contributed by atoms with E-state index in [-0.39, 0.29) is 10.3 Å². The number of thiophene rings is 1. The van der Waals surface area contributed by atoms with E-state index in [1.807, 2.05) is 6.92 Å². The first-order valence-corrected chi connectivity index (χ1v) is 8.74. The molecule has 0 spiro atoms. The topological polar surface area (TPSA) is 74.7 Å². The van der Waals surface area contributed by atoms with Crippen LogP contribution in [-0.2, 0) is 14.8 Å². The molecule has 108 valence electrons. The van der Waals surface area contributed by atoms with Crippen LogP contribution in [0.25, 0.3) is 0 Å². The number of carboxylic acids is 1. The van der Waals surface area contributed by atoms with Gasteiger partial charge in [0.1, 0.15) is 10.8 Å². The lowest BCUT2D eigenvalue weighted by Gasteiger charge is -2.25. The average Bonchev–Trinajstić information content (AvgIpc) is 2.66. The summed E-state index contributed by atoms with van der Waals surface area (Å²) in [5.41, 5.74) is 0.822. The fraction of sp³-hybridized carbons (Fsp3) is 0.545. The molecule has 1 atom stereocenters. The van der Waals surface area contributed by atoms with Gasteiger partial charge in [-0.2, -0.15) is 4.31 Å². The highest BCUT2D eigenvalue weighted by molar-refractivity contribution is 9.11. The molecule has 0 fully saturated rings. The number of aliphatic carboxylic acids is 1. The highest BCUT2D eigenvalue weighted by Gasteiger charge is 2.31. The van der Waals surface area contributed by atoms with E-state index in [2.05, 4.69) is 15.9 Å². The second-order valence-corrected chi connectivity index (χ2v) is 8.71. The summed E-state index contributed by atoms with van der Waals surface area (Å²) in [5, 5.41) is 8.89. The monoisotopic (exact) mass is 369 g/mol. The molecule has 0 aliphatic rings. The normalized spacial score (nSPS) is 13.7. The van der Waals surface area contributed by atoms with Crippen LogP contribution in [0.2, 0.25) is 0 Å². The van der Waals surface area contributed by atoms with E-state index in [0.717, 1.165) is 25.0 Å². The highest BCUT2D eigenvalue weighted by atomic mass is 79.9. The van der Waals surface area contributed by atoms with Crippen LogP contribution < -0.4 is 0 Å². The average molecular weight is 370 g/mol. The maximum atomic E-state index is 12.5. The fourth-order valence-electron chi connectivity index (χ4n) is 1.49. The fourth-order valence-corrected chi connectivity index (χ4v) is 5.50. The summed E-state index contributed by atoms with van der Waals surface area (Å²) in [6.07, 6.45) is 0.554. The maximum Gasteiger partial charge on any atom is 0.318 e. The minimum atomic E-state index is -3.77. The van der Waals surface area contributed by atoms with Gasteiger partial charge in [-0.15, -0.1) is 11.3 Å². The third-order valence-corrected chi connectivity index (χ3v) is 7.32. The summed E-state index contributed by atoms with van der Waals surface area (Å²) >= 11 is 4.38. The summed E-state index contributed by atoms with van der Waals surface area (Å²) in [4.78, 5) is 10.9. The van der Waals surface area contributed by atoms with Crippen molar-refractivity contribution in [3.63, 3.8) is 0 Å². The number of carboxylic acid groups (broad SMARTS) is 1. The Hall–Kier alpha value is -0.440. The molecule has 1 unspecified atom stereocenters. The van der Waals surface area contributed by atoms with Gasteiger partial charge in [0, 0.05) is 6.04 Å². The number of rotatable bonds is 6. The van der Waals surface area contributed by atoms with Crippen LogP contribution in [0.4, 0.5) is 0 Å². The number of halogens is 1. The maximum absolute atomic E-state index is 12.5. The Morgan fingerprint density at radius 1 is 1.58 bits per heavy atom. The van der Waals surface area contributed by atoms with Crippen molar-refractivity contribution in [2.75, 3.05) is 6.54 Å². The summed E-state index contributed by atoms with van der Waals surface area (Å²) in [5.74, 6) is -1.16. The molecule has 0 bridgehead atoms. The molecule has 19 heavy (non-hydrogen) atoms. The van der Waals surface area contributed by atoms with Crippen LogP contribution in [0, 0.1) is 6.92 Å². The lowest BCUT2D eigenvalue weighted by atomic mass is 10.2. The second-order valence-electron chi connectivity index (χ2n) is 4.22. The molecular weight excluding hydrogens is 354 g/mol. The van der Waals surface area contributed by atoms with Crippen molar-refractivity contribution in [2.24, 2.45) is 0 Å². The van der Waals surface area contributed by atoms with E-state index < -0.39 is 22.5 Å². The number of hydrogen-bond acceptors (Lipinski definition) is 4. The summed E-state index contributed by atoms with van der Waals surface area (Å²) in [6.45, 7) is 4.80. The van der Waals surface area contributed by atoms with Crippen LogP contribution in [-0.4, -0.2) is 36.4 Å². The van der Waals surface area contributed by atoms with Gasteiger partial charge in [0.2, 0.25) is 0 Å². The molecule has 0 aliphatic heterocycles. The predicted molar refractivity (Wildman–Crippen MR) is 78.0 cm³/mol. The third kappa shape index (κ3) is 3.77. The number of sulfonamides is 1. The van der Waals surface area contributed by atoms with E-state index >= 15 is 0 Å². The number of carbonyl (C=O) groups is 1. The highest BCUT2D eigenvalue weighted by Crippen LogP contribution is 2.33. The van der Waals surface area contributed by atoms with E-state index in [4.69, 9.17) is 5.11 Å². The predicted octanol–water partition coefficient (Wildman–Crippen LogP) is 2.69. The van der Waals surface area contributed by atoms with Crippen molar-refractivity contribution < 1.29 is 18.3 Å². The lowest BCUT2D eigenvalue weighted by Crippen LogP contribution is -2.41. The lowest BCUT2D eigenvalue weighted by molar-refractivity contribution is -0.137. The first-order valence-electron chi connectivity index (χ1n) is 5.69. The van der Waals surface area contributed by atoms with Crippen LogP contribution in [0.1, 0.15) is 25.8 Å². The van der Waals surface area contributed by atoms with Gasteiger partial charge in [0.25, 0.3) is 10.0 Å². The Bertz CT molecular complexity index is 548. The molecule has 5 nitrogen and oxygen atoms in total. The molecule has 0 aliphatic carbocycles.